The molecule has 2 heterocycles. The Kier molecular flexibility index (Phi) is 5.64. The predicted molar refractivity (Wildman–Crippen MR) is 114 cm³/mol. The maximum absolute atomic E-state index is 15.0. The largest absolute Gasteiger partial charge is 0.489 e. The summed E-state index contributed by atoms with van der Waals surface area (Å²) in [7, 11) is 1.81. The molecule has 31 heavy (non-hydrogen) atoms. The molecule has 158 valence electrons. The summed E-state index contributed by atoms with van der Waals surface area (Å²) in [6.07, 6.45) is 3.10. The van der Waals surface area contributed by atoms with Crippen molar-refractivity contribution in [2.75, 3.05) is 0 Å². The van der Waals surface area contributed by atoms with Gasteiger partial charge in [-0.25, -0.2) is 4.39 Å². The van der Waals surface area contributed by atoms with E-state index >= 15 is 0 Å². The number of para-hydroxylation sites is 1. The molecule has 0 aliphatic rings. The lowest BCUT2D eigenvalue weighted by Gasteiger charge is -2.13. The number of hydrogen-bond acceptors (Lipinski definition) is 5. The molecule has 4 aromatic rings. The summed E-state index contributed by atoms with van der Waals surface area (Å²) < 4.78 is 22.6. The number of nitrogens with zero attached hydrogens (tertiary/aromatic N) is 3. The number of benzene rings is 2. The lowest BCUT2D eigenvalue weighted by atomic mass is 9.98. The van der Waals surface area contributed by atoms with E-state index in [-0.39, 0.29) is 25.3 Å². The Morgan fingerprint density at radius 2 is 2.03 bits per heavy atom. The predicted octanol–water partition coefficient (Wildman–Crippen LogP) is 3.44. The molecular weight excluding hydrogens is 399 g/mol. The molecule has 0 amide bonds. The number of halogens is 1. The second-order valence-corrected chi connectivity index (χ2v) is 7.13. The van der Waals surface area contributed by atoms with Gasteiger partial charge >= 0.3 is 5.97 Å². The highest BCUT2D eigenvalue weighted by atomic mass is 19.1. The number of pyridine rings is 1. The van der Waals surface area contributed by atoms with Crippen LogP contribution in [0.15, 0.2) is 54.9 Å². The standard InChI is InChI=1S/C23H21FN4O3/c1-28-20-9-14(13-31-21-5-3-2-4-15(21)10-22(29)30)8-17(18(20)12-27-28)16-6-7-26-19(11-25)23(16)24/h2-9,12H,10-11,13,25H2,1H3,(H,29,30). The lowest BCUT2D eigenvalue weighted by molar-refractivity contribution is -0.136. The van der Waals surface area contributed by atoms with Crippen LogP contribution in [0.4, 0.5) is 4.39 Å². The normalized spacial score (nSPS) is 11.1. The molecule has 4 rings (SSSR count). The molecule has 3 N–H and O–H groups in total. The molecular formula is C23H21FN4O3. The van der Waals surface area contributed by atoms with Crippen LogP contribution in [-0.4, -0.2) is 25.8 Å². The van der Waals surface area contributed by atoms with Crippen LogP contribution < -0.4 is 10.5 Å². The van der Waals surface area contributed by atoms with Crippen molar-refractivity contribution >= 4 is 16.9 Å². The number of carboxylic acid groups (broad SMARTS) is 1. The molecule has 8 heteroatoms. The minimum atomic E-state index is -0.932. The Bertz CT molecular complexity index is 1270. The topological polar surface area (TPSA) is 103 Å². The Balaban J connectivity index is 1.74. The SMILES string of the molecule is Cn1ncc2c(-c3ccnc(CN)c3F)cc(COc3ccccc3CC(=O)O)cc21. The maximum Gasteiger partial charge on any atom is 0.307 e. The Hall–Kier alpha value is -3.78. The molecule has 0 aliphatic carbocycles. The van der Waals surface area contributed by atoms with Gasteiger partial charge < -0.3 is 15.6 Å². The quantitative estimate of drug-likeness (QED) is 0.475. The first-order valence-corrected chi connectivity index (χ1v) is 9.69. The van der Waals surface area contributed by atoms with Gasteiger partial charge in [-0.15, -0.1) is 0 Å². The molecule has 2 aromatic heterocycles. The van der Waals surface area contributed by atoms with E-state index in [9.17, 15) is 9.18 Å². The fourth-order valence-corrected chi connectivity index (χ4v) is 3.56. The molecule has 0 spiro atoms. The molecule has 0 bridgehead atoms. The fourth-order valence-electron chi connectivity index (χ4n) is 3.56. The molecule has 0 radical (unpaired) electrons. The van der Waals surface area contributed by atoms with Crippen LogP contribution in [0.5, 0.6) is 5.75 Å². The monoisotopic (exact) mass is 420 g/mol. The van der Waals surface area contributed by atoms with Gasteiger partial charge in [0, 0.05) is 36.3 Å². The fraction of sp³-hybridized carbons (Fsp3) is 0.174. The van der Waals surface area contributed by atoms with Crippen molar-refractivity contribution in [2.45, 2.75) is 19.6 Å². The molecule has 2 aromatic carbocycles. The highest BCUT2D eigenvalue weighted by Crippen LogP contribution is 2.33. The van der Waals surface area contributed by atoms with Gasteiger partial charge in [0.15, 0.2) is 5.82 Å². The van der Waals surface area contributed by atoms with E-state index in [0.717, 1.165) is 16.5 Å². The van der Waals surface area contributed by atoms with Crippen LogP contribution in [0.1, 0.15) is 16.8 Å². The average molecular weight is 420 g/mol. The van der Waals surface area contributed by atoms with Crippen molar-refractivity contribution < 1.29 is 19.0 Å². The van der Waals surface area contributed by atoms with E-state index in [1.165, 1.54) is 6.20 Å². The minimum absolute atomic E-state index is 0.000973. The number of aromatic nitrogens is 3. The highest BCUT2D eigenvalue weighted by molar-refractivity contribution is 5.95. The van der Waals surface area contributed by atoms with Crippen LogP contribution in [0.2, 0.25) is 0 Å². The molecule has 7 nitrogen and oxygen atoms in total. The van der Waals surface area contributed by atoms with Gasteiger partial charge in [0.2, 0.25) is 0 Å². The van der Waals surface area contributed by atoms with Crippen molar-refractivity contribution in [1.82, 2.24) is 14.8 Å². The third-order valence-corrected chi connectivity index (χ3v) is 5.08. The van der Waals surface area contributed by atoms with Crippen molar-refractivity contribution in [1.29, 1.82) is 0 Å². The van der Waals surface area contributed by atoms with E-state index in [1.807, 2.05) is 19.2 Å². The maximum atomic E-state index is 15.0. The number of rotatable bonds is 7. The van der Waals surface area contributed by atoms with Crippen LogP contribution in [0, 0.1) is 5.82 Å². The smallest absolute Gasteiger partial charge is 0.307 e. The zero-order valence-corrected chi connectivity index (χ0v) is 16.9. The van der Waals surface area contributed by atoms with Crippen LogP contribution in [-0.2, 0) is 31.4 Å². The van der Waals surface area contributed by atoms with Gasteiger partial charge in [0.25, 0.3) is 0 Å². The van der Waals surface area contributed by atoms with Crippen LogP contribution >= 0.6 is 0 Å². The first kappa shape index (κ1) is 20.5. The number of carbonyl (C=O) groups is 1. The number of carboxylic acids is 1. The number of aliphatic carboxylic acids is 1. The van der Waals surface area contributed by atoms with Crippen molar-refractivity contribution in [3.8, 4) is 16.9 Å². The second kappa shape index (κ2) is 8.53. The first-order chi connectivity index (χ1) is 15.0. The van der Waals surface area contributed by atoms with Gasteiger partial charge in [-0.1, -0.05) is 18.2 Å². The summed E-state index contributed by atoms with van der Waals surface area (Å²) in [6.45, 7) is 0.181. The number of hydrogen-bond donors (Lipinski definition) is 2. The first-order valence-electron chi connectivity index (χ1n) is 9.69. The molecule has 0 saturated carbocycles. The zero-order chi connectivity index (χ0) is 22.0. The van der Waals surface area contributed by atoms with E-state index < -0.39 is 11.8 Å². The highest BCUT2D eigenvalue weighted by Gasteiger charge is 2.16. The number of nitrogens with two attached hydrogens (primary N) is 1. The Labute approximate surface area is 177 Å². The second-order valence-electron chi connectivity index (χ2n) is 7.13. The Morgan fingerprint density at radius 3 is 2.81 bits per heavy atom. The summed E-state index contributed by atoms with van der Waals surface area (Å²) in [6, 6.07) is 12.4. The third-order valence-electron chi connectivity index (χ3n) is 5.08. The summed E-state index contributed by atoms with van der Waals surface area (Å²) >= 11 is 0. The average Bonchev–Trinajstić information content (AvgIpc) is 3.13. The summed E-state index contributed by atoms with van der Waals surface area (Å²) in [5.41, 5.74) is 9.07. The summed E-state index contributed by atoms with van der Waals surface area (Å²) in [5.74, 6) is -0.893. The van der Waals surface area contributed by atoms with Gasteiger partial charge in [-0.2, -0.15) is 5.10 Å². The minimum Gasteiger partial charge on any atom is -0.489 e. The number of fused-ring (bicyclic) bond motifs is 1. The molecule has 0 unspecified atom stereocenters. The van der Waals surface area contributed by atoms with E-state index in [2.05, 4.69) is 10.1 Å². The van der Waals surface area contributed by atoms with Crippen molar-refractivity contribution in [3.63, 3.8) is 0 Å². The molecule has 0 fully saturated rings. The summed E-state index contributed by atoms with van der Waals surface area (Å²) in [4.78, 5) is 15.1. The summed E-state index contributed by atoms with van der Waals surface area (Å²) in [5, 5.41) is 14.2. The van der Waals surface area contributed by atoms with Crippen LogP contribution in [0.3, 0.4) is 0 Å². The van der Waals surface area contributed by atoms with Crippen molar-refractivity contribution in [2.24, 2.45) is 12.8 Å². The lowest BCUT2D eigenvalue weighted by Crippen LogP contribution is -2.05. The van der Waals surface area contributed by atoms with Gasteiger partial charge in [0.1, 0.15) is 12.4 Å². The van der Waals surface area contributed by atoms with E-state index in [0.29, 0.717) is 22.4 Å². The van der Waals surface area contributed by atoms with Gasteiger partial charge in [-0.05, 0) is 35.4 Å². The molecule has 0 saturated heterocycles. The molecule has 0 aliphatic heterocycles. The number of aryl methyl sites for hydroxylation is 1. The van der Waals surface area contributed by atoms with Gasteiger partial charge in [0.05, 0.1) is 23.8 Å². The van der Waals surface area contributed by atoms with Crippen molar-refractivity contribution in [3.05, 3.63) is 77.5 Å². The van der Waals surface area contributed by atoms with E-state index in [1.54, 1.807) is 41.2 Å². The zero-order valence-electron chi connectivity index (χ0n) is 16.9. The number of ether oxygens (including phenoxy) is 1. The van der Waals surface area contributed by atoms with E-state index in [4.69, 9.17) is 15.6 Å². The third kappa shape index (κ3) is 4.10. The Morgan fingerprint density at radius 1 is 1.23 bits per heavy atom. The van der Waals surface area contributed by atoms with Gasteiger partial charge in [-0.3, -0.25) is 14.5 Å². The molecule has 0 atom stereocenters. The van der Waals surface area contributed by atoms with Crippen LogP contribution in [0.25, 0.3) is 22.0 Å².